The summed E-state index contributed by atoms with van der Waals surface area (Å²) in [6, 6.07) is 9.85. The highest BCUT2D eigenvalue weighted by Gasteiger charge is 2.52. The van der Waals surface area contributed by atoms with E-state index < -0.39 is 0 Å². The molecule has 0 amide bonds. The van der Waals surface area contributed by atoms with Crippen LogP contribution in [-0.4, -0.2) is 73.6 Å². The molecular formula is C24H31N3O4. The molecule has 4 aliphatic heterocycles. The van der Waals surface area contributed by atoms with Gasteiger partial charge in [0.05, 0.1) is 39.1 Å². The molecule has 2 unspecified atom stereocenters. The summed E-state index contributed by atoms with van der Waals surface area (Å²) in [6.45, 7) is 6.38. The fourth-order valence-corrected chi connectivity index (χ4v) is 5.72. The Labute approximate surface area is 183 Å². The van der Waals surface area contributed by atoms with Gasteiger partial charge in [0.1, 0.15) is 23.7 Å². The topological polar surface area (TPSA) is 60.2 Å². The van der Waals surface area contributed by atoms with E-state index in [1.165, 1.54) is 18.4 Å². The molecule has 166 valence electrons. The molecule has 5 heterocycles. The second-order valence-electron chi connectivity index (χ2n) is 9.47. The number of ether oxygens (including phenoxy) is 3. The quantitative estimate of drug-likeness (QED) is 0.730. The monoisotopic (exact) mass is 425 g/mol. The Morgan fingerprint density at radius 2 is 1.94 bits per heavy atom. The first-order valence-corrected chi connectivity index (χ1v) is 11.6. The van der Waals surface area contributed by atoms with Gasteiger partial charge in [0.25, 0.3) is 6.01 Å². The van der Waals surface area contributed by atoms with Crippen molar-refractivity contribution in [1.82, 2.24) is 9.88 Å². The number of oxazole rings is 1. The summed E-state index contributed by atoms with van der Waals surface area (Å²) in [6.07, 6.45) is 7.98. The fraction of sp³-hybridized carbons (Fsp3) is 0.625. The number of benzene rings is 1. The maximum absolute atomic E-state index is 6.30. The molecule has 7 nitrogen and oxygen atoms in total. The van der Waals surface area contributed by atoms with Crippen LogP contribution in [0.4, 0.5) is 6.01 Å². The van der Waals surface area contributed by atoms with Gasteiger partial charge >= 0.3 is 0 Å². The predicted molar refractivity (Wildman–Crippen MR) is 116 cm³/mol. The molecule has 4 saturated heterocycles. The minimum absolute atomic E-state index is 0.0141. The summed E-state index contributed by atoms with van der Waals surface area (Å²) in [5.74, 6) is 1.62. The molecule has 0 N–H and O–H groups in total. The lowest BCUT2D eigenvalue weighted by molar-refractivity contribution is -0.0215. The van der Waals surface area contributed by atoms with E-state index in [1.807, 2.05) is 0 Å². The fourth-order valence-electron chi connectivity index (χ4n) is 5.72. The third kappa shape index (κ3) is 3.83. The van der Waals surface area contributed by atoms with Crippen molar-refractivity contribution < 1.29 is 18.6 Å². The first kappa shape index (κ1) is 19.6. The van der Waals surface area contributed by atoms with Crippen molar-refractivity contribution in [2.75, 3.05) is 50.9 Å². The van der Waals surface area contributed by atoms with Gasteiger partial charge in [-0.05, 0) is 49.9 Å². The van der Waals surface area contributed by atoms with Crippen LogP contribution in [-0.2, 0) is 9.47 Å². The van der Waals surface area contributed by atoms with Crippen molar-refractivity contribution >= 4 is 6.01 Å². The van der Waals surface area contributed by atoms with Gasteiger partial charge in [0.2, 0.25) is 0 Å². The van der Waals surface area contributed by atoms with Crippen LogP contribution >= 0.6 is 0 Å². The summed E-state index contributed by atoms with van der Waals surface area (Å²) in [5.41, 5.74) is 1.36. The Bertz CT molecular complexity index is 869. The van der Waals surface area contributed by atoms with Gasteiger partial charge in [-0.1, -0.05) is 18.2 Å². The molecule has 1 spiro atoms. The maximum atomic E-state index is 6.30. The molecular weight excluding hydrogens is 394 g/mol. The molecule has 6 rings (SSSR count). The highest BCUT2D eigenvalue weighted by molar-refractivity contribution is 5.37. The Morgan fingerprint density at radius 1 is 1.06 bits per heavy atom. The number of nitrogens with zero attached hydrogens (tertiary/aromatic N) is 3. The standard InChI is InChI=1S/C24H31N3O4/c1-2-4-22(31-20-7-11-28-15-20)21(3-1)18-5-9-26(10-6-18)19-13-24(30-14-19)16-27(17-24)23-25-8-12-29-23/h1-4,8,12,18-20H,5-7,9-11,13-17H2. The van der Waals surface area contributed by atoms with Gasteiger partial charge in [-0.15, -0.1) is 0 Å². The van der Waals surface area contributed by atoms with Crippen LogP contribution in [0.25, 0.3) is 0 Å². The minimum atomic E-state index is -0.0141. The van der Waals surface area contributed by atoms with Crippen LogP contribution in [0.2, 0.25) is 0 Å². The van der Waals surface area contributed by atoms with Crippen molar-refractivity contribution in [2.24, 2.45) is 0 Å². The smallest absolute Gasteiger partial charge is 0.297 e. The lowest BCUT2D eigenvalue weighted by atomic mass is 9.86. The summed E-state index contributed by atoms with van der Waals surface area (Å²) < 4.78 is 23.5. The Kier molecular flexibility index (Phi) is 5.13. The number of aromatic nitrogens is 1. The first-order valence-electron chi connectivity index (χ1n) is 11.6. The predicted octanol–water partition coefficient (Wildman–Crippen LogP) is 3.07. The van der Waals surface area contributed by atoms with E-state index in [0.29, 0.717) is 24.6 Å². The molecule has 1 aromatic heterocycles. The molecule has 1 aromatic carbocycles. The number of rotatable bonds is 5. The molecule has 4 aliphatic rings. The van der Waals surface area contributed by atoms with Gasteiger partial charge in [-0.2, -0.15) is 0 Å². The van der Waals surface area contributed by atoms with Gasteiger partial charge in [0.15, 0.2) is 0 Å². The van der Waals surface area contributed by atoms with Crippen LogP contribution in [0.5, 0.6) is 5.75 Å². The van der Waals surface area contributed by atoms with Crippen molar-refractivity contribution in [3.05, 3.63) is 42.3 Å². The van der Waals surface area contributed by atoms with Gasteiger partial charge < -0.3 is 23.5 Å². The Morgan fingerprint density at radius 3 is 2.71 bits per heavy atom. The second kappa shape index (κ2) is 8.11. The van der Waals surface area contributed by atoms with Crippen LogP contribution in [0.3, 0.4) is 0 Å². The molecule has 7 heteroatoms. The van der Waals surface area contributed by atoms with E-state index in [4.69, 9.17) is 18.6 Å². The molecule has 0 bridgehead atoms. The Balaban J connectivity index is 1.04. The lowest BCUT2D eigenvalue weighted by Crippen LogP contribution is -2.62. The number of hydrogen-bond donors (Lipinski definition) is 0. The highest BCUT2D eigenvalue weighted by atomic mass is 16.5. The molecule has 2 atom stereocenters. The minimum Gasteiger partial charge on any atom is -0.488 e. The normalized spacial score (nSPS) is 28.8. The molecule has 0 aliphatic carbocycles. The number of anilines is 1. The molecule has 0 saturated carbocycles. The number of piperidine rings is 1. The summed E-state index contributed by atoms with van der Waals surface area (Å²) in [5, 5.41) is 0. The number of likely N-dealkylation sites (tertiary alicyclic amines) is 1. The van der Waals surface area contributed by atoms with Crippen LogP contribution in [0.15, 0.2) is 41.1 Å². The van der Waals surface area contributed by atoms with Crippen molar-refractivity contribution in [3.8, 4) is 5.75 Å². The molecule has 2 aromatic rings. The summed E-state index contributed by atoms with van der Waals surface area (Å²) in [7, 11) is 0. The third-order valence-corrected chi connectivity index (χ3v) is 7.42. The van der Waals surface area contributed by atoms with Crippen LogP contribution in [0.1, 0.15) is 37.2 Å². The van der Waals surface area contributed by atoms with Gasteiger partial charge in [-0.25, -0.2) is 4.98 Å². The Hall–Kier alpha value is -2.09. The zero-order valence-electron chi connectivity index (χ0n) is 17.9. The van der Waals surface area contributed by atoms with Gasteiger partial charge in [-0.3, -0.25) is 4.90 Å². The average molecular weight is 426 g/mol. The third-order valence-electron chi connectivity index (χ3n) is 7.42. The van der Waals surface area contributed by atoms with Crippen molar-refractivity contribution in [2.45, 2.75) is 49.3 Å². The van der Waals surface area contributed by atoms with Crippen LogP contribution in [0, 0.1) is 0 Å². The summed E-state index contributed by atoms with van der Waals surface area (Å²) in [4.78, 5) is 9.07. The van der Waals surface area contributed by atoms with E-state index in [-0.39, 0.29) is 11.7 Å². The van der Waals surface area contributed by atoms with E-state index >= 15 is 0 Å². The zero-order chi connectivity index (χ0) is 20.7. The van der Waals surface area contributed by atoms with E-state index in [9.17, 15) is 0 Å². The molecule has 0 radical (unpaired) electrons. The molecule has 31 heavy (non-hydrogen) atoms. The van der Waals surface area contributed by atoms with E-state index in [2.05, 4.69) is 39.0 Å². The first-order chi connectivity index (χ1) is 15.3. The van der Waals surface area contributed by atoms with Crippen LogP contribution < -0.4 is 9.64 Å². The lowest BCUT2D eigenvalue weighted by Gasteiger charge is -2.46. The SMILES string of the molecule is c1ccc(C2CCN(C3COC4(C3)CN(c3ncco3)C4)CC2)c(OC2CCOC2)c1. The van der Waals surface area contributed by atoms with Gasteiger partial charge in [0, 0.05) is 12.5 Å². The summed E-state index contributed by atoms with van der Waals surface area (Å²) >= 11 is 0. The van der Waals surface area contributed by atoms with E-state index in [0.717, 1.165) is 58.0 Å². The van der Waals surface area contributed by atoms with Crippen molar-refractivity contribution in [3.63, 3.8) is 0 Å². The van der Waals surface area contributed by atoms with Crippen molar-refractivity contribution in [1.29, 1.82) is 0 Å². The second-order valence-corrected chi connectivity index (χ2v) is 9.47. The highest BCUT2D eigenvalue weighted by Crippen LogP contribution is 2.41. The number of hydrogen-bond acceptors (Lipinski definition) is 7. The molecule has 4 fully saturated rings. The number of para-hydroxylation sites is 1. The maximum Gasteiger partial charge on any atom is 0.297 e. The average Bonchev–Trinajstić information content (AvgIpc) is 3.54. The largest absolute Gasteiger partial charge is 0.488 e. The van der Waals surface area contributed by atoms with E-state index in [1.54, 1.807) is 12.5 Å². The zero-order valence-corrected chi connectivity index (χ0v) is 17.9.